The molecular weight excluding hydrogens is 304 g/mol. The normalized spacial score (nSPS) is 12.3. The van der Waals surface area contributed by atoms with E-state index in [0.29, 0.717) is 0 Å². The van der Waals surface area contributed by atoms with Crippen LogP contribution in [0.5, 0.6) is 0 Å². The fourth-order valence-corrected chi connectivity index (χ4v) is 1.74. The fraction of sp³-hybridized carbons (Fsp3) is 0.636. The SMILES string of the molecule is O=C(O)CN(CCN(CC(=O)O)[C@@H](CO)C(=O)O)CC(=O)O. The molecule has 0 spiro atoms. The second kappa shape index (κ2) is 9.65. The van der Waals surface area contributed by atoms with Crippen molar-refractivity contribution in [1.82, 2.24) is 9.80 Å². The van der Waals surface area contributed by atoms with Crippen molar-refractivity contribution in [1.29, 1.82) is 0 Å². The van der Waals surface area contributed by atoms with Crippen molar-refractivity contribution in [2.24, 2.45) is 0 Å². The number of rotatable bonds is 12. The lowest BCUT2D eigenvalue weighted by Crippen LogP contribution is -2.50. The van der Waals surface area contributed by atoms with Crippen LogP contribution in [0.15, 0.2) is 0 Å². The Hall–Kier alpha value is -2.24. The maximum absolute atomic E-state index is 11.0. The predicted octanol–water partition coefficient (Wildman–Crippen LogP) is -2.71. The highest BCUT2D eigenvalue weighted by molar-refractivity contribution is 5.75. The van der Waals surface area contributed by atoms with Crippen molar-refractivity contribution in [2.75, 3.05) is 39.3 Å². The number of carboxylic acid groups (broad SMARTS) is 4. The van der Waals surface area contributed by atoms with Gasteiger partial charge in [0.05, 0.1) is 26.2 Å². The Balaban J connectivity index is 4.87. The van der Waals surface area contributed by atoms with Crippen molar-refractivity contribution < 1.29 is 44.7 Å². The number of hydrogen-bond acceptors (Lipinski definition) is 7. The smallest absolute Gasteiger partial charge is 0.323 e. The van der Waals surface area contributed by atoms with Crippen LogP contribution in [0.25, 0.3) is 0 Å². The average Bonchev–Trinajstić information content (AvgIpc) is 2.33. The van der Waals surface area contributed by atoms with Gasteiger partial charge in [-0.1, -0.05) is 0 Å². The summed E-state index contributed by atoms with van der Waals surface area (Å²) in [5.74, 6) is -5.32. The number of hydrogen-bond donors (Lipinski definition) is 5. The van der Waals surface area contributed by atoms with Crippen LogP contribution in [0, 0.1) is 0 Å². The van der Waals surface area contributed by atoms with Gasteiger partial charge in [0.25, 0.3) is 0 Å². The van der Waals surface area contributed by atoms with Gasteiger partial charge >= 0.3 is 23.9 Å². The van der Waals surface area contributed by atoms with E-state index in [0.717, 1.165) is 9.80 Å². The molecule has 0 unspecified atom stereocenters. The Morgan fingerprint density at radius 1 is 0.773 bits per heavy atom. The number of aliphatic hydroxyl groups is 1. The Morgan fingerprint density at radius 2 is 1.23 bits per heavy atom. The molecule has 0 aromatic heterocycles. The maximum atomic E-state index is 11.0. The van der Waals surface area contributed by atoms with E-state index in [-0.39, 0.29) is 13.1 Å². The van der Waals surface area contributed by atoms with Gasteiger partial charge in [-0.15, -0.1) is 0 Å². The molecule has 1 atom stereocenters. The van der Waals surface area contributed by atoms with Gasteiger partial charge in [0.15, 0.2) is 0 Å². The minimum atomic E-state index is -1.48. The first-order valence-corrected chi connectivity index (χ1v) is 6.12. The van der Waals surface area contributed by atoms with Gasteiger partial charge in [-0.05, 0) is 0 Å². The van der Waals surface area contributed by atoms with E-state index in [1.54, 1.807) is 0 Å². The Bertz CT molecular complexity index is 410. The Morgan fingerprint density at radius 3 is 1.55 bits per heavy atom. The fourth-order valence-electron chi connectivity index (χ4n) is 1.74. The van der Waals surface area contributed by atoms with E-state index in [1.807, 2.05) is 0 Å². The summed E-state index contributed by atoms with van der Waals surface area (Å²) in [4.78, 5) is 44.9. The van der Waals surface area contributed by atoms with Gasteiger partial charge in [0.2, 0.25) is 0 Å². The summed E-state index contributed by atoms with van der Waals surface area (Å²) in [5, 5.41) is 44.0. The third kappa shape index (κ3) is 8.14. The molecule has 5 N–H and O–H groups in total. The molecule has 0 aromatic carbocycles. The van der Waals surface area contributed by atoms with E-state index in [2.05, 4.69) is 0 Å². The van der Waals surface area contributed by atoms with Gasteiger partial charge in [-0.25, -0.2) is 0 Å². The molecule has 11 heteroatoms. The van der Waals surface area contributed by atoms with Crippen molar-refractivity contribution in [3.05, 3.63) is 0 Å². The van der Waals surface area contributed by atoms with Crippen LogP contribution in [-0.4, -0.2) is 105 Å². The van der Waals surface area contributed by atoms with Gasteiger partial charge in [0, 0.05) is 13.1 Å². The Kier molecular flexibility index (Phi) is 8.67. The highest BCUT2D eigenvalue weighted by Gasteiger charge is 2.27. The molecular formula is C11H18N2O9. The van der Waals surface area contributed by atoms with Crippen LogP contribution in [0.3, 0.4) is 0 Å². The molecule has 0 rings (SSSR count). The number of aliphatic hydroxyl groups excluding tert-OH is 1. The first kappa shape index (κ1) is 19.8. The molecule has 0 saturated heterocycles. The summed E-state index contributed by atoms with van der Waals surface area (Å²) in [5.41, 5.74) is 0. The van der Waals surface area contributed by atoms with Gasteiger partial charge in [-0.2, -0.15) is 0 Å². The van der Waals surface area contributed by atoms with Crippen LogP contribution >= 0.6 is 0 Å². The van der Waals surface area contributed by atoms with Crippen LogP contribution in [0.1, 0.15) is 0 Å². The van der Waals surface area contributed by atoms with Crippen LogP contribution < -0.4 is 0 Å². The van der Waals surface area contributed by atoms with Gasteiger partial charge in [0.1, 0.15) is 6.04 Å². The van der Waals surface area contributed by atoms with Gasteiger partial charge in [-0.3, -0.25) is 29.0 Å². The highest BCUT2D eigenvalue weighted by Crippen LogP contribution is 2.01. The molecule has 0 saturated carbocycles. The Labute approximate surface area is 125 Å². The van der Waals surface area contributed by atoms with E-state index in [1.165, 1.54) is 0 Å². The zero-order chi connectivity index (χ0) is 17.3. The van der Waals surface area contributed by atoms with Crippen LogP contribution in [-0.2, 0) is 19.2 Å². The molecule has 11 nitrogen and oxygen atoms in total. The van der Waals surface area contributed by atoms with E-state index < -0.39 is 56.2 Å². The second-order valence-corrected chi connectivity index (χ2v) is 4.40. The lowest BCUT2D eigenvalue weighted by molar-refractivity contribution is -0.149. The average molecular weight is 322 g/mol. The molecule has 0 aromatic rings. The highest BCUT2D eigenvalue weighted by atomic mass is 16.4. The molecule has 0 bridgehead atoms. The van der Waals surface area contributed by atoms with Crippen LogP contribution in [0.2, 0.25) is 0 Å². The van der Waals surface area contributed by atoms with E-state index >= 15 is 0 Å². The molecule has 22 heavy (non-hydrogen) atoms. The van der Waals surface area contributed by atoms with Crippen molar-refractivity contribution in [2.45, 2.75) is 6.04 Å². The third-order valence-corrected chi connectivity index (χ3v) is 2.66. The summed E-state index contributed by atoms with van der Waals surface area (Å²) >= 11 is 0. The molecule has 126 valence electrons. The molecule has 0 aliphatic carbocycles. The monoisotopic (exact) mass is 322 g/mol. The van der Waals surface area contributed by atoms with Crippen molar-refractivity contribution in [3.63, 3.8) is 0 Å². The molecule has 0 aliphatic heterocycles. The summed E-state index contributed by atoms with van der Waals surface area (Å²) in [6.45, 7) is -3.12. The first-order valence-electron chi connectivity index (χ1n) is 6.12. The third-order valence-electron chi connectivity index (χ3n) is 2.66. The standard InChI is InChI=1S/C11H18N2O9/c14-6-7(11(21)22)13(5-10(19)20)2-1-12(3-8(15)16)4-9(17)18/h7,14H,1-6H2,(H,15,16)(H,17,18)(H,19,20)(H,21,22)/t7-/m0/s1. The molecule has 0 heterocycles. The number of carbonyl (C=O) groups is 4. The molecule has 0 radical (unpaired) electrons. The molecule has 0 fully saturated rings. The number of aliphatic carboxylic acids is 4. The van der Waals surface area contributed by atoms with Gasteiger partial charge < -0.3 is 25.5 Å². The van der Waals surface area contributed by atoms with Crippen molar-refractivity contribution >= 4 is 23.9 Å². The molecule has 0 aliphatic rings. The first-order chi connectivity index (χ1) is 10.2. The second-order valence-electron chi connectivity index (χ2n) is 4.40. The summed E-state index contributed by atoms with van der Waals surface area (Å²) < 4.78 is 0. The number of nitrogens with zero attached hydrogens (tertiary/aromatic N) is 2. The van der Waals surface area contributed by atoms with Crippen LogP contribution in [0.4, 0.5) is 0 Å². The maximum Gasteiger partial charge on any atom is 0.323 e. The summed E-state index contributed by atoms with van der Waals surface area (Å²) in [7, 11) is 0. The predicted molar refractivity (Wildman–Crippen MR) is 69.4 cm³/mol. The van der Waals surface area contributed by atoms with Crippen molar-refractivity contribution in [3.8, 4) is 0 Å². The summed E-state index contributed by atoms with van der Waals surface area (Å²) in [6.07, 6.45) is 0. The molecule has 0 amide bonds. The lowest BCUT2D eigenvalue weighted by Gasteiger charge is -2.28. The minimum absolute atomic E-state index is 0.185. The lowest BCUT2D eigenvalue weighted by atomic mass is 10.2. The largest absolute Gasteiger partial charge is 0.480 e. The summed E-state index contributed by atoms with van der Waals surface area (Å²) in [6, 6.07) is -1.48. The zero-order valence-electron chi connectivity index (χ0n) is 11.6. The quantitative estimate of drug-likeness (QED) is 0.252. The number of carboxylic acids is 4. The van der Waals surface area contributed by atoms with E-state index in [9.17, 15) is 19.2 Å². The minimum Gasteiger partial charge on any atom is -0.480 e. The van der Waals surface area contributed by atoms with E-state index in [4.69, 9.17) is 25.5 Å². The topological polar surface area (TPSA) is 176 Å². The zero-order valence-corrected chi connectivity index (χ0v) is 11.6.